The molecule has 0 aliphatic carbocycles. The number of carbonyl (C=O) groups excluding carboxylic acids is 2. The van der Waals surface area contributed by atoms with Crippen molar-refractivity contribution in [3.8, 4) is 5.75 Å². The molecule has 12 heteroatoms. The topological polar surface area (TPSA) is 106 Å². The van der Waals surface area contributed by atoms with Gasteiger partial charge in [0.2, 0.25) is 5.91 Å². The number of hydrogen-bond acceptors (Lipinski definition) is 8. The molecule has 0 spiro atoms. The summed E-state index contributed by atoms with van der Waals surface area (Å²) in [6.07, 6.45) is 6.12. The van der Waals surface area contributed by atoms with Crippen LogP contribution in [0.5, 0.6) is 5.75 Å². The molecule has 2 saturated heterocycles. The number of halogens is 1. The number of aryl methyl sites for hydroxylation is 1. The van der Waals surface area contributed by atoms with Crippen molar-refractivity contribution in [3.63, 3.8) is 0 Å². The fraction of sp³-hybridized carbons (Fsp3) is 0.438. The van der Waals surface area contributed by atoms with Crippen LogP contribution in [0.15, 0.2) is 61.1 Å². The van der Waals surface area contributed by atoms with Crippen molar-refractivity contribution in [1.82, 2.24) is 30.0 Å². The first kappa shape index (κ1) is 33.0. The van der Waals surface area contributed by atoms with Gasteiger partial charge in [-0.2, -0.15) is 0 Å². The lowest BCUT2D eigenvalue weighted by Gasteiger charge is -2.35. The Morgan fingerprint density at radius 1 is 0.932 bits per heavy atom. The quantitative estimate of drug-likeness (QED) is 0.393. The Labute approximate surface area is 265 Å². The fourth-order valence-electron chi connectivity index (χ4n) is 4.91. The Morgan fingerprint density at radius 3 is 2.34 bits per heavy atom. The van der Waals surface area contributed by atoms with E-state index in [2.05, 4.69) is 49.3 Å². The van der Waals surface area contributed by atoms with E-state index in [-0.39, 0.29) is 11.9 Å². The average molecular weight is 623 g/mol. The number of nitrogens with one attached hydrogen (secondary N) is 2. The molecule has 0 unspecified atom stereocenters. The van der Waals surface area contributed by atoms with Gasteiger partial charge in [-0.25, -0.2) is 9.78 Å². The highest BCUT2D eigenvalue weighted by Gasteiger charge is 2.24. The van der Waals surface area contributed by atoms with Gasteiger partial charge in [0, 0.05) is 88.7 Å². The zero-order valence-corrected chi connectivity index (χ0v) is 26.6. The molecule has 3 aromatic rings. The van der Waals surface area contributed by atoms with E-state index in [0.717, 1.165) is 61.0 Å². The van der Waals surface area contributed by atoms with Gasteiger partial charge in [-0.15, -0.1) is 0 Å². The van der Waals surface area contributed by atoms with E-state index in [4.69, 9.17) is 16.3 Å². The Morgan fingerprint density at radius 2 is 1.66 bits per heavy atom. The Hall–Kier alpha value is -3.93. The SMILES string of the molecule is CCc1cc(Cl)cc(NC(=O)N2CCN(c3ncccc3OCc3ccncc3)CC2)c1.CNC(=O)CN1CCN(C)CC1. The maximum Gasteiger partial charge on any atom is 0.321 e. The van der Waals surface area contributed by atoms with Crippen LogP contribution in [0.4, 0.5) is 16.3 Å². The van der Waals surface area contributed by atoms with Crippen molar-refractivity contribution in [2.24, 2.45) is 0 Å². The lowest BCUT2D eigenvalue weighted by atomic mass is 10.1. The van der Waals surface area contributed by atoms with Gasteiger partial charge in [0.15, 0.2) is 11.6 Å². The number of rotatable bonds is 8. The molecule has 0 saturated carbocycles. The minimum atomic E-state index is -0.121. The fourth-order valence-corrected chi connectivity index (χ4v) is 5.17. The summed E-state index contributed by atoms with van der Waals surface area (Å²) in [7, 11) is 3.79. The van der Waals surface area contributed by atoms with Crippen molar-refractivity contribution in [2.75, 3.05) is 83.2 Å². The number of carbonyl (C=O) groups is 2. The molecule has 44 heavy (non-hydrogen) atoms. The number of likely N-dealkylation sites (N-methyl/N-ethyl adjacent to an activating group) is 2. The van der Waals surface area contributed by atoms with E-state index >= 15 is 0 Å². The monoisotopic (exact) mass is 622 g/mol. The molecule has 4 heterocycles. The molecule has 5 rings (SSSR count). The van der Waals surface area contributed by atoms with Crippen molar-refractivity contribution in [1.29, 1.82) is 0 Å². The molecule has 2 aliphatic rings. The number of nitrogens with zero attached hydrogens (tertiary/aromatic N) is 6. The number of amides is 3. The molecule has 236 valence electrons. The summed E-state index contributed by atoms with van der Waals surface area (Å²) in [5.41, 5.74) is 2.86. The van der Waals surface area contributed by atoms with Crippen LogP contribution in [-0.4, -0.2) is 110 Å². The molecule has 0 radical (unpaired) electrons. The summed E-state index contributed by atoms with van der Waals surface area (Å²) in [6, 6.07) is 13.2. The van der Waals surface area contributed by atoms with Gasteiger partial charge >= 0.3 is 6.03 Å². The van der Waals surface area contributed by atoms with E-state index in [1.54, 1.807) is 31.7 Å². The van der Waals surface area contributed by atoms with Crippen LogP contribution < -0.4 is 20.3 Å². The van der Waals surface area contributed by atoms with Crippen molar-refractivity contribution >= 4 is 35.0 Å². The molecule has 2 fully saturated rings. The predicted molar refractivity (Wildman–Crippen MR) is 174 cm³/mol. The summed E-state index contributed by atoms with van der Waals surface area (Å²) in [5.74, 6) is 1.64. The van der Waals surface area contributed by atoms with Crippen LogP contribution in [0.3, 0.4) is 0 Å². The van der Waals surface area contributed by atoms with Crippen molar-refractivity contribution in [2.45, 2.75) is 20.0 Å². The third-order valence-corrected chi connectivity index (χ3v) is 7.84. The highest BCUT2D eigenvalue weighted by molar-refractivity contribution is 6.31. The lowest BCUT2D eigenvalue weighted by molar-refractivity contribution is -0.122. The van der Waals surface area contributed by atoms with Crippen LogP contribution in [-0.2, 0) is 17.8 Å². The number of anilines is 2. The molecule has 0 atom stereocenters. The Balaban J connectivity index is 0.000000309. The van der Waals surface area contributed by atoms with E-state index < -0.39 is 0 Å². The first-order valence-corrected chi connectivity index (χ1v) is 15.4. The number of pyridine rings is 2. The Bertz CT molecular complexity index is 1350. The maximum atomic E-state index is 12.8. The molecule has 2 N–H and O–H groups in total. The molecular formula is C32H43ClN8O3. The zero-order valence-electron chi connectivity index (χ0n) is 25.8. The molecule has 11 nitrogen and oxygen atoms in total. The summed E-state index contributed by atoms with van der Waals surface area (Å²) in [6.45, 7) is 9.72. The summed E-state index contributed by atoms with van der Waals surface area (Å²) in [4.78, 5) is 40.7. The van der Waals surface area contributed by atoms with Crippen molar-refractivity contribution < 1.29 is 14.3 Å². The highest BCUT2D eigenvalue weighted by Crippen LogP contribution is 2.27. The highest BCUT2D eigenvalue weighted by atomic mass is 35.5. The molecule has 0 bridgehead atoms. The second-order valence-electron chi connectivity index (χ2n) is 10.8. The largest absolute Gasteiger partial charge is 0.485 e. The van der Waals surface area contributed by atoms with Gasteiger partial charge in [0.25, 0.3) is 0 Å². The second kappa shape index (κ2) is 16.8. The minimum absolute atomic E-state index is 0.111. The van der Waals surface area contributed by atoms with Gasteiger partial charge < -0.3 is 30.1 Å². The zero-order chi connectivity index (χ0) is 31.3. The molecule has 3 amide bonds. The average Bonchev–Trinajstić information content (AvgIpc) is 3.05. The smallest absolute Gasteiger partial charge is 0.321 e. The van der Waals surface area contributed by atoms with Crippen LogP contribution >= 0.6 is 11.6 Å². The van der Waals surface area contributed by atoms with E-state index in [1.165, 1.54) is 0 Å². The Kier molecular flexibility index (Phi) is 12.6. The van der Waals surface area contributed by atoms with Gasteiger partial charge in [-0.3, -0.25) is 14.7 Å². The minimum Gasteiger partial charge on any atom is -0.485 e. The number of benzene rings is 1. The third-order valence-electron chi connectivity index (χ3n) is 7.62. The van der Waals surface area contributed by atoms with Gasteiger partial charge in [0.05, 0.1) is 6.54 Å². The first-order chi connectivity index (χ1) is 21.3. The number of ether oxygens (including phenoxy) is 1. The number of piperazine rings is 2. The predicted octanol–water partition coefficient (Wildman–Crippen LogP) is 3.61. The van der Waals surface area contributed by atoms with E-state index in [0.29, 0.717) is 44.4 Å². The van der Waals surface area contributed by atoms with Crippen LogP contribution in [0.2, 0.25) is 5.02 Å². The van der Waals surface area contributed by atoms with Gasteiger partial charge in [0.1, 0.15) is 6.61 Å². The van der Waals surface area contributed by atoms with Gasteiger partial charge in [-0.05, 0) is 67.1 Å². The standard InChI is InChI=1S/C24H26ClN5O2.C8H17N3O/c1-2-18-14-20(25)16-21(15-18)28-24(31)30-12-10-29(11-13-30)23-22(4-3-7-27-23)32-17-19-5-8-26-9-6-19;1-9-8(12)7-11-5-3-10(2)4-6-11/h3-9,14-16H,2,10-13,17H2,1H3,(H,28,31);3-7H2,1-2H3,(H,9,12). The number of aromatic nitrogens is 2. The maximum absolute atomic E-state index is 12.8. The summed E-state index contributed by atoms with van der Waals surface area (Å²) in [5, 5.41) is 6.22. The van der Waals surface area contributed by atoms with Gasteiger partial charge in [-0.1, -0.05) is 18.5 Å². The van der Waals surface area contributed by atoms with E-state index in [9.17, 15) is 9.59 Å². The number of hydrogen-bond donors (Lipinski definition) is 2. The summed E-state index contributed by atoms with van der Waals surface area (Å²) >= 11 is 6.17. The lowest BCUT2D eigenvalue weighted by Crippen LogP contribution is -2.50. The molecule has 2 aliphatic heterocycles. The third kappa shape index (κ3) is 10.1. The van der Waals surface area contributed by atoms with Crippen molar-refractivity contribution in [3.05, 3.63) is 77.2 Å². The van der Waals surface area contributed by atoms with E-state index in [1.807, 2.05) is 41.3 Å². The molecule has 2 aromatic heterocycles. The number of urea groups is 1. The molecule has 1 aromatic carbocycles. The second-order valence-corrected chi connectivity index (χ2v) is 11.3. The molecular weight excluding hydrogens is 580 g/mol. The summed E-state index contributed by atoms with van der Waals surface area (Å²) < 4.78 is 6.03. The van der Waals surface area contributed by atoms with Crippen LogP contribution in [0, 0.1) is 0 Å². The van der Waals surface area contributed by atoms with Crippen LogP contribution in [0.25, 0.3) is 0 Å². The first-order valence-electron chi connectivity index (χ1n) is 15.0. The van der Waals surface area contributed by atoms with Crippen LogP contribution in [0.1, 0.15) is 18.1 Å². The normalized spacial score (nSPS) is 15.6.